The van der Waals surface area contributed by atoms with Gasteiger partial charge in [0, 0.05) is 35.2 Å². The summed E-state index contributed by atoms with van der Waals surface area (Å²) in [6.45, 7) is 18.0. The van der Waals surface area contributed by atoms with Crippen molar-refractivity contribution in [1.29, 1.82) is 0 Å². The number of nitrogens with zero attached hydrogens (tertiary/aromatic N) is 3. The van der Waals surface area contributed by atoms with E-state index in [-0.39, 0.29) is 39.3 Å². The van der Waals surface area contributed by atoms with E-state index in [1.807, 2.05) is 0 Å². The fourth-order valence-corrected chi connectivity index (χ4v) is 6.74. The van der Waals surface area contributed by atoms with Gasteiger partial charge in [-0.2, -0.15) is 15.0 Å². The molecule has 35 heavy (non-hydrogen) atoms. The first kappa shape index (κ1) is 28.3. The maximum absolute atomic E-state index is 10.9. The second-order valence-corrected chi connectivity index (χ2v) is 13.6. The summed E-state index contributed by atoms with van der Waals surface area (Å²) < 4.78 is 0. The lowest BCUT2D eigenvalue weighted by Gasteiger charge is -2.47. The molecule has 3 heterocycles. The molecule has 2 unspecified atom stereocenters. The predicted molar refractivity (Wildman–Crippen MR) is 142 cm³/mol. The van der Waals surface area contributed by atoms with Gasteiger partial charge in [-0.05, 0) is 105 Å². The van der Waals surface area contributed by atoms with Crippen molar-refractivity contribution >= 4 is 23.5 Å². The Bertz CT molecular complexity index is 779. The van der Waals surface area contributed by atoms with Crippen molar-refractivity contribution in [2.24, 2.45) is 11.8 Å². The molecule has 0 bridgehead atoms. The zero-order valence-corrected chi connectivity index (χ0v) is 23.4. The number of aromatic nitrogens is 3. The molecule has 0 spiro atoms. The van der Waals surface area contributed by atoms with Crippen LogP contribution in [0.25, 0.3) is 0 Å². The molecule has 200 valence electrons. The SMILES string of the molecule is CC1(C)CC(C(O)CNc2nc(Cl)nc(NCC(O)C3CC(C)(C)NC(C)(C)C3)n2)CC(C)(C)N1. The molecule has 2 aliphatic heterocycles. The van der Waals surface area contributed by atoms with Gasteiger partial charge in [0.25, 0.3) is 0 Å². The second-order valence-electron chi connectivity index (χ2n) is 13.3. The number of aliphatic hydroxyl groups excluding tert-OH is 2. The van der Waals surface area contributed by atoms with Crippen molar-refractivity contribution in [3.63, 3.8) is 0 Å². The van der Waals surface area contributed by atoms with Gasteiger partial charge in [0.2, 0.25) is 17.2 Å². The van der Waals surface area contributed by atoms with Crippen LogP contribution in [0.3, 0.4) is 0 Å². The second kappa shape index (κ2) is 10.2. The maximum Gasteiger partial charge on any atom is 0.228 e. The van der Waals surface area contributed by atoms with E-state index in [9.17, 15) is 10.2 Å². The van der Waals surface area contributed by atoms with E-state index in [1.165, 1.54) is 0 Å². The Labute approximate surface area is 215 Å². The van der Waals surface area contributed by atoms with E-state index in [2.05, 4.69) is 91.6 Å². The maximum atomic E-state index is 10.9. The molecule has 1 aromatic heterocycles. The molecular weight excluding hydrogens is 466 g/mol. The highest BCUT2D eigenvalue weighted by Crippen LogP contribution is 2.36. The van der Waals surface area contributed by atoms with Crippen LogP contribution >= 0.6 is 11.6 Å². The molecule has 2 fully saturated rings. The normalized spacial score (nSPS) is 25.6. The molecule has 3 rings (SSSR count). The summed E-state index contributed by atoms with van der Waals surface area (Å²) in [4.78, 5) is 12.7. The lowest BCUT2D eigenvalue weighted by molar-refractivity contribution is 0.0340. The minimum atomic E-state index is -0.545. The van der Waals surface area contributed by atoms with Gasteiger partial charge < -0.3 is 31.5 Å². The van der Waals surface area contributed by atoms with E-state index in [0.29, 0.717) is 25.0 Å². The number of nitrogens with one attached hydrogen (secondary N) is 4. The van der Waals surface area contributed by atoms with Crippen LogP contribution in [0.15, 0.2) is 0 Å². The average Bonchev–Trinajstić information content (AvgIpc) is 2.65. The summed E-state index contributed by atoms with van der Waals surface area (Å²) in [5.41, 5.74) is -0.164. The first-order valence-corrected chi connectivity index (χ1v) is 13.2. The summed E-state index contributed by atoms with van der Waals surface area (Å²) in [6.07, 6.45) is 2.43. The Morgan fingerprint density at radius 2 is 1.03 bits per heavy atom. The van der Waals surface area contributed by atoms with Crippen LogP contribution in [0.5, 0.6) is 0 Å². The molecule has 2 aliphatic rings. The zero-order chi connectivity index (χ0) is 26.2. The number of hydrogen-bond donors (Lipinski definition) is 6. The first-order valence-electron chi connectivity index (χ1n) is 12.8. The van der Waals surface area contributed by atoms with Crippen molar-refractivity contribution in [3.8, 4) is 0 Å². The lowest BCUT2D eigenvalue weighted by Crippen LogP contribution is -2.59. The number of rotatable bonds is 8. The van der Waals surface area contributed by atoms with Crippen molar-refractivity contribution in [2.75, 3.05) is 23.7 Å². The summed E-state index contributed by atoms with van der Waals surface area (Å²) in [5.74, 6) is 0.907. The summed E-state index contributed by atoms with van der Waals surface area (Å²) in [7, 11) is 0. The van der Waals surface area contributed by atoms with Gasteiger partial charge in [0.05, 0.1) is 12.2 Å². The highest BCUT2D eigenvalue weighted by atomic mass is 35.5. The highest BCUT2D eigenvalue weighted by Gasteiger charge is 2.41. The van der Waals surface area contributed by atoms with Crippen LogP contribution in [0.1, 0.15) is 81.1 Å². The van der Waals surface area contributed by atoms with Gasteiger partial charge in [0.15, 0.2) is 0 Å². The molecule has 0 aromatic carbocycles. The smallest absolute Gasteiger partial charge is 0.228 e. The van der Waals surface area contributed by atoms with Gasteiger partial charge >= 0.3 is 0 Å². The third-order valence-corrected chi connectivity index (χ3v) is 7.25. The first-order chi connectivity index (χ1) is 15.9. The van der Waals surface area contributed by atoms with Crippen LogP contribution in [0, 0.1) is 11.8 Å². The van der Waals surface area contributed by atoms with Crippen LogP contribution in [-0.2, 0) is 0 Å². The number of halogens is 1. The molecule has 0 radical (unpaired) electrons. The van der Waals surface area contributed by atoms with Gasteiger partial charge in [-0.25, -0.2) is 0 Å². The molecule has 6 N–H and O–H groups in total. The van der Waals surface area contributed by atoms with Crippen molar-refractivity contribution in [1.82, 2.24) is 25.6 Å². The molecular formula is C25H46ClN7O2. The summed E-state index contributed by atoms with van der Waals surface area (Å²) >= 11 is 6.14. The number of aliphatic hydroxyl groups is 2. The Morgan fingerprint density at radius 1 is 0.714 bits per heavy atom. The third kappa shape index (κ3) is 8.39. The standard InChI is InChI=1S/C25H46ClN7O2/c1-22(2)9-15(10-23(3,4)32-22)17(34)13-27-20-29-19(26)30-21(31-20)28-14-18(35)16-11-24(5,6)33-25(7,8)12-16/h15-18,32-35H,9-14H2,1-8H3,(H2,27,28,29,30,31). The molecule has 0 aliphatic carbocycles. The summed E-state index contributed by atoms with van der Waals surface area (Å²) in [5, 5.41) is 35.4. The van der Waals surface area contributed by atoms with E-state index < -0.39 is 12.2 Å². The quantitative estimate of drug-likeness (QED) is 0.312. The number of anilines is 2. The van der Waals surface area contributed by atoms with Crippen molar-refractivity contribution in [3.05, 3.63) is 5.28 Å². The highest BCUT2D eigenvalue weighted by molar-refractivity contribution is 6.28. The Hall–Kier alpha value is -1.26. The van der Waals surface area contributed by atoms with Crippen LogP contribution < -0.4 is 21.3 Å². The van der Waals surface area contributed by atoms with Crippen molar-refractivity contribution in [2.45, 2.75) is 115 Å². The van der Waals surface area contributed by atoms with E-state index in [4.69, 9.17) is 11.6 Å². The van der Waals surface area contributed by atoms with Crippen LogP contribution in [-0.4, -0.2) is 72.6 Å². The van der Waals surface area contributed by atoms with Gasteiger partial charge in [0.1, 0.15) is 0 Å². The summed E-state index contributed by atoms with van der Waals surface area (Å²) in [6, 6.07) is 0. The lowest BCUT2D eigenvalue weighted by atomic mass is 9.73. The van der Waals surface area contributed by atoms with Gasteiger partial charge in [-0.15, -0.1) is 0 Å². The number of hydrogen-bond acceptors (Lipinski definition) is 9. The molecule has 2 atom stereocenters. The minimum absolute atomic E-state index is 0.0411. The van der Waals surface area contributed by atoms with Gasteiger partial charge in [-0.1, -0.05) is 0 Å². The molecule has 9 nitrogen and oxygen atoms in total. The van der Waals surface area contributed by atoms with E-state index in [1.54, 1.807) is 0 Å². The molecule has 2 saturated heterocycles. The average molecular weight is 512 g/mol. The van der Waals surface area contributed by atoms with Crippen molar-refractivity contribution < 1.29 is 10.2 Å². The molecule has 0 amide bonds. The van der Waals surface area contributed by atoms with E-state index >= 15 is 0 Å². The largest absolute Gasteiger partial charge is 0.391 e. The molecule has 1 aromatic rings. The van der Waals surface area contributed by atoms with Crippen LogP contribution in [0.2, 0.25) is 5.28 Å². The Kier molecular flexibility index (Phi) is 8.29. The van der Waals surface area contributed by atoms with Crippen LogP contribution in [0.4, 0.5) is 11.9 Å². The topological polar surface area (TPSA) is 127 Å². The third-order valence-electron chi connectivity index (χ3n) is 7.08. The Balaban J connectivity index is 1.57. The number of piperidine rings is 2. The molecule has 10 heteroatoms. The fraction of sp³-hybridized carbons (Fsp3) is 0.880. The fourth-order valence-electron chi connectivity index (χ4n) is 6.58. The Morgan fingerprint density at radius 3 is 1.34 bits per heavy atom. The minimum Gasteiger partial charge on any atom is -0.391 e. The molecule has 0 saturated carbocycles. The monoisotopic (exact) mass is 511 g/mol. The van der Waals surface area contributed by atoms with E-state index in [0.717, 1.165) is 25.7 Å². The zero-order valence-electron chi connectivity index (χ0n) is 22.7. The predicted octanol–water partition coefficient (Wildman–Crippen LogP) is 3.18. The van der Waals surface area contributed by atoms with Gasteiger partial charge in [-0.3, -0.25) is 0 Å².